The number of hydrogen-bond acceptors (Lipinski definition) is 7. The van der Waals surface area contributed by atoms with E-state index >= 15 is 0 Å². The van der Waals surface area contributed by atoms with Crippen LogP contribution < -0.4 is 11.1 Å². The molecule has 11 heteroatoms. The molecule has 5 fully saturated rings. The number of primary amides is 1. The number of nitriles is 1. The average molecular weight is 537 g/mol. The number of alkyl carbamates (subject to hydrolysis) is 1. The van der Waals surface area contributed by atoms with Gasteiger partial charge in [-0.05, 0) is 70.6 Å². The first-order valence-corrected chi connectivity index (χ1v) is 13.5. The van der Waals surface area contributed by atoms with Crippen LogP contribution in [0.15, 0.2) is 24.3 Å². The lowest BCUT2D eigenvalue weighted by atomic mass is 9.83. The maximum atomic E-state index is 13.7. The minimum Gasteiger partial charge on any atom is -0.444 e. The van der Waals surface area contributed by atoms with Crippen molar-refractivity contribution in [1.82, 2.24) is 20.0 Å². The molecule has 3 N–H and O–H groups in total. The van der Waals surface area contributed by atoms with Crippen LogP contribution in [0.5, 0.6) is 0 Å². The molecule has 1 saturated carbocycles. The Morgan fingerprint density at radius 3 is 2.38 bits per heavy atom. The van der Waals surface area contributed by atoms with E-state index in [1.165, 1.54) is 0 Å². The van der Waals surface area contributed by atoms with Crippen LogP contribution in [0.4, 0.5) is 4.79 Å². The lowest BCUT2D eigenvalue weighted by molar-refractivity contribution is -0.141. The maximum Gasteiger partial charge on any atom is 0.408 e. The second-order valence-corrected chi connectivity index (χ2v) is 12.2. The van der Waals surface area contributed by atoms with E-state index in [4.69, 9.17) is 10.5 Å². The van der Waals surface area contributed by atoms with Crippen LogP contribution in [0.3, 0.4) is 0 Å². The molecule has 4 amide bonds. The van der Waals surface area contributed by atoms with Crippen LogP contribution in [-0.4, -0.2) is 87.4 Å². The molecule has 39 heavy (non-hydrogen) atoms. The summed E-state index contributed by atoms with van der Waals surface area (Å²) in [6, 6.07) is 7.17. The first-order chi connectivity index (χ1) is 18.4. The molecule has 0 radical (unpaired) electrons. The number of nitrogens with zero attached hydrogens (tertiary/aromatic N) is 4. The Morgan fingerprint density at radius 1 is 1.15 bits per heavy atom. The lowest BCUT2D eigenvalue weighted by Crippen LogP contribution is -2.59. The van der Waals surface area contributed by atoms with Gasteiger partial charge in [0.2, 0.25) is 17.7 Å². The zero-order valence-electron chi connectivity index (χ0n) is 22.8. The van der Waals surface area contributed by atoms with Gasteiger partial charge in [0, 0.05) is 30.7 Å². The van der Waals surface area contributed by atoms with Gasteiger partial charge in [-0.2, -0.15) is 5.26 Å². The van der Waals surface area contributed by atoms with E-state index in [-0.39, 0.29) is 42.4 Å². The number of carbonyl (C=O) groups is 4. The molecule has 0 aromatic heterocycles. The van der Waals surface area contributed by atoms with Crippen LogP contribution in [0, 0.1) is 17.2 Å². The molecule has 0 spiro atoms. The third-order valence-corrected chi connectivity index (χ3v) is 8.49. The lowest BCUT2D eigenvalue weighted by Gasteiger charge is -2.39. The number of piperazine rings is 1. The first-order valence-electron chi connectivity index (χ1n) is 13.5. The van der Waals surface area contributed by atoms with E-state index in [0.29, 0.717) is 18.5 Å². The molecule has 4 aliphatic heterocycles. The van der Waals surface area contributed by atoms with Crippen molar-refractivity contribution >= 4 is 23.8 Å². The van der Waals surface area contributed by atoms with Gasteiger partial charge in [-0.3, -0.25) is 19.3 Å². The van der Waals surface area contributed by atoms with Crippen LogP contribution in [0.1, 0.15) is 68.9 Å². The second-order valence-electron chi connectivity index (χ2n) is 12.2. The molecule has 4 saturated heterocycles. The van der Waals surface area contributed by atoms with Crippen molar-refractivity contribution in [1.29, 1.82) is 5.26 Å². The standard InChI is InChI=1S/C28H36N6O5/c1-15(16-5-7-17(8-6-16)24(30)35)33-20-11-22(26(33)37)32(13-20)14-21(31-27(38)39-28(2,3)4)25(36)34-19-9-18(10-19)23(34)12-29/h5-8,15,18-23H,9-11,13-14H2,1-4H3,(H2,30,35)(H,31,38)/t15-,18?,19?,20-,21?,22?,23?/m0/s1. The van der Waals surface area contributed by atoms with Gasteiger partial charge in [0.15, 0.2) is 0 Å². The van der Waals surface area contributed by atoms with Crippen LogP contribution in [0.25, 0.3) is 0 Å². The summed E-state index contributed by atoms with van der Waals surface area (Å²) in [7, 11) is 0. The van der Waals surface area contributed by atoms with E-state index in [2.05, 4.69) is 11.4 Å². The summed E-state index contributed by atoms with van der Waals surface area (Å²) < 4.78 is 5.43. The molecule has 3 unspecified atom stereocenters. The van der Waals surface area contributed by atoms with Crippen molar-refractivity contribution in [2.24, 2.45) is 11.7 Å². The molecule has 4 bridgehead atoms. The number of ether oxygens (including phenoxy) is 1. The number of rotatable bonds is 7. The molecule has 5 aliphatic rings. The smallest absolute Gasteiger partial charge is 0.408 e. The Balaban J connectivity index is 1.30. The molecule has 1 aromatic carbocycles. The second kappa shape index (κ2) is 9.83. The van der Waals surface area contributed by atoms with Crippen molar-refractivity contribution in [3.63, 3.8) is 0 Å². The van der Waals surface area contributed by atoms with E-state index < -0.39 is 35.7 Å². The Morgan fingerprint density at radius 2 is 1.82 bits per heavy atom. The molecule has 6 rings (SSSR count). The first kappa shape index (κ1) is 26.9. The average Bonchev–Trinajstić information content (AvgIpc) is 3.58. The quantitative estimate of drug-likeness (QED) is 0.537. The van der Waals surface area contributed by atoms with Crippen molar-refractivity contribution in [3.05, 3.63) is 35.4 Å². The summed E-state index contributed by atoms with van der Waals surface area (Å²) in [5.74, 6) is -0.646. The summed E-state index contributed by atoms with van der Waals surface area (Å²) in [6.45, 7) is 7.93. The number of benzene rings is 1. The van der Waals surface area contributed by atoms with Gasteiger partial charge in [-0.1, -0.05) is 12.1 Å². The molecule has 5 atom stereocenters. The van der Waals surface area contributed by atoms with Gasteiger partial charge in [0.1, 0.15) is 17.7 Å². The predicted octanol–water partition coefficient (Wildman–Crippen LogP) is 1.54. The number of nitrogens with two attached hydrogens (primary N) is 1. The van der Waals surface area contributed by atoms with E-state index in [9.17, 15) is 24.4 Å². The highest BCUT2D eigenvalue weighted by molar-refractivity contribution is 5.93. The van der Waals surface area contributed by atoms with Crippen molar-refractivity contribution in [3.8, 4) is 6.07 Å². The maximum absolute atomic E-state index is 13.7. The fraction of sp³-hybridized carbons (Fsp3) is 0.607. The highest BCUT2D eigenvalue weighted by Crippen LogP contribution is 2.46. The highest BCUT2D eigenvalue weighted by Gasteiger charge is 2.56. The fourth-order valence-electron chi connectivity index (χ4n) is 6.59. The van der Waals surface area contributed by atoms with Gasteiger partial charge in [0.05, 0.1) is 18.2 Å². The third kappa shape index (κ3) is 4.93. The zero-order chi connectivity index (χ0) is 28.2. The summed E-state index contributed by atoms with van der Waals surface area (Å²) >= 11 is 0. The third-order valence-electron chi connectivity index (χ3n) is 8.49. The van der Waals surface area contributed by atoms with Crippen molar-refractivity contribution in [2.75, 3.05) is 13.1 Å². The van der Waals surface area contributed by atoms with Crippen LogP contribution in [-0.2, 0) is 14.3 Å². The van der Waals surface area contributed by atoms with Crippen molar-refractivity contribution in [2.45, 2.75) is 88.8 Å². The van der Waals surface area contributed by atoms with E-state index in [1.54, 1.807) is 37.8 Å². The number of nitrogens with one attached hydrogen (secondary N) is 1. The van der Waals surface area contributed by atoms with Crippen molar-refractivity contribution < 1.29 is 23.9 Å². The topological polar surface area (TPSA) is 149 Å². The van der Waals surface area contributed by atoms with Gasteiger partial charge in [0.25, 0.3) is 0 Å². The molecule has 4 heterocycles. The summed E-state index contributed by atoms with van der Waals surface area (Å²) in [5, 5.41) is 12.4. The minimum atomic E-state index is -0.936. The number of hydrogen-bond donors (Lipinski definition) is 2. The fourth-order valence-corrected chi connectivity index (χ4v) is 6.59. The largest absolute Gasteiger partial charge is 0.444 e. The Bertz CT molecular complexity index is 1210. The molecule has 11 nitrogen and oxygen atoms in total. The molecule has 1 aromatic rings. The van der Waals surface area contributed by atoms with Gasteiger partial charge in [-0.15, -0.1) is 0 Å². The monoisotopic (exact) mass is 536 g/mol. The highest BCUT2D eigenvalue weighted by atomic mass is 16.6. The van der Waals surface area contributed by atoms with E-state index in [1.807, 2.05) is 28.9 Å². The number of amides is 4. The number of fused-ring (bicyclic) bond motifs is 3. The van der Waals surface area contributed by atoms with Gasteiger partial charge >= 0.3 is 6.09 Å². The normalized spacial score (nSPS) is 29.0. The Labute approximate surface area is 228 Å². The van der Waals surface area contributed by atoms with Crippen LogP contribution in [0.2, 0.25) is 0 Å². The molecule has 1 aliphatic carbocycles. The SMILES string of the molecule is C[C@@H](c1ccc(C(N)=O)cc1)N1C(=O)C2C[C@H]1CN2CC(NC(=O)OC(C)(C)C)C(=O)N1C2CC(C2)C1C#N. The Hall–Kier alpha value is -3.65. The van der Waals surface area contributed by atoms with Crippen LogP contribution >= 0.6 is 0 Å². The summed E-state index contributed by atoms with van der Waals surface area (Å²) in [6.07, 6.45) is 1.55. The minimum absolute atomic E-state index is 0.0176. The van der Waals surface area contributed by atoms with E-state index in [0.717, 1.165) is 18.4 Å². The van der Waals surface area contributed by atoms with Gasteiger partial charge in [-0.25, -0.2) is 4.79 Å². The number of likely N-dealkylation sites (tertiary alicyclic amines) is 2. The molecular formula is C28H36N6O5. The Kier molecular flexibility index (Phi) is 6.79. The predicted molar refractivity (Wildman–Crippen MR) is 140 cm³/mol. The zero-order valence-corrected chi connectivity index (χ0v) is 22.8. The summed E-state index contributed by atoms with van der Waals surface area (Å²) in [4.78, 5) is 56.8. The molecule has 208 valence electrons. The number of carbonyl (C=O) groups excluding carboxylic acids is 4. The summed E-state index contributed by atoms with van der Waals surface area (Å²) in [5.41, 5.74) is 5.93. The molecular weight excluding hydrogens is 500 g/mol. The van der Waals surface area contributed by atoms with Gasteiger partial charge < -0.3 is 25.6 Å².